The smallest absolute Gasteiger partial charge is 0.311 e. The van der Waals surface area contributed by atoms with Crippen LogP contribution in [0, 0.1) is 15.9 Å². The number of nitro groups is 1. The van der Waals surface area contributed by atoms with Crippen molar-refractivity contribution in [3.63, 3.8) is 0 Å². The summed E-state index contributed by atoms with van der Waals surface area (Å²) in [7, 11) is 0. The van der Waals surface area contributed by atoms with Gasteiger partial charge in [-0.2, -0.15) is 0 Å². The van der Waals surface area contributed by atoms with Crippen LogP contribution in [0.3, 0.4) is 0 Å². The first-order valence-electron chi connectivity index (χ1n) is 4.94. The molecule has 17 heavy (non-hydrogen) atoms. The normalized spacial score (nSPS) is 23.6. The molecule has 1 N–H and O–H groups in total. The first kappa shape index (κ1) is 11.7. The van der Waals surface area contributed by atoms with Gasteiger partial charge in [0.1, 0.15) is 11.9 Å². The van der Waals surface area contributed by atoms with Crippen molar-refractivity contribution < 1.29 is 23.9 Å². The van der Waals surface area contributed by atoms with Crippen molar-refractivity contribution in [1.29, 1.82) is 0 Å². The van der Waals surface area contributed by atoms with Gasteiger partial charge in [0.2, 0.25) is 0 Å². The third kappa shape index (κ3) is 2.51. The van der Waals surface area contributed by atoms with E-state index in [1.165, 1.54) is 0 Å². The molecule has 6 nitrogen and oxygen atoms in total. The summed E-state index contributed by atoms with van der Waals surface area (Å²) in [5.74, 6) is -0.844. The van der Waals surface area contributed by atoms with E-state index in [2.05, 4.69) is 0 Å². The molecule has 2 rings (SSSR count). The summed E-state index contributed by atoms with van der Waals surface area (Å²) < 4.78 is 23.1. The first-order valence-corrected chi connectivity index (χ1v) is 4.94. The van der Waals surface area contributed by atoms with Crippen LogP contribution >= 0.6 is 0 Å². The molecule has 2 atom stereocenters. The minimum Gasteiger partial charge on any atom is -0.478 e. The molecule has 1 aromatic carbocycles. The molecule has 0 unspecified atom stereocenters. The van der Waals surface area contributed by atoms with E-state index in [1.807, 2.05) is 0 Å². The molecule has 0 aliphatic carbocycles. The van der Waals surface area contributed by atoms with Crippen molar-refractivity contribution in [1.82, 2.24) is 0 Å². The lowest BCUT2D eigenvalue weighted by molar-refractivity contribution is -0.386. The Bertz CT molecular complexity index is 439. The van der Waals surface area contributed by atoms with Crippen LogP contribution < -0.4 is 4.74 Å². The first-order chi connectivity index (χ1) is 8.08. The van der Waals surface area contributed by atoms with Gasteiger partial charge >= 0.3 is 5.69 Å². The zero-order valence-electron chi connectivity index (χ0n) is 8.71. The van der Waals surface area contributed by atoms with Gasteiger partial charge in [0.15, 0.2) is 11.9 Å². The van der Waals surface area contributed by atoms with Gasteiger partial charge in [-0.1, -0.05) is 0 Å². The van der Waals surface area contributed by atoms with Crippen LogP contribution in [0.1, 0.15) is 0 Å². The van der Waals surface area contributed by atoms with Crippen molar-refractivity contribution in [3.05, 3.63) is 34.1 Å². The van der Waals surface area contributed by atoms with Crippen molar-refractivity contribution in [2.75, 3.05) is 13.2 Å². The fourth-order valence-electron chi connectivity index (χ4n) is 1.53. The summed E-state index contributed by atoms with van der Waals surface area (Å²) in [6.45, 7) is 0.225. The van der Waals surface area contributed by atoms with Gasteiger partial charge in [-0.05, 0) is 6.07 Å². The Hall–Kier alpha value is -1.73. The molecule has 7 heteroatoms. The fraction of sp³-hybridized carbons (Fsp3) is 0.400. The van der Waals surface area contributed by atoms with E-state index >= 15 is 0 Å². The Morgan fingerprint density at radius 1 is 1.53 bits per heavy atom. The number of benzene rings is 1. The van der Waals surface area contributed by atoms with E-state index in [1.54, 1.807) is 0 Å². The number of halogens is 1. The number of hydrogen-bond donors (Lipinski definition) is 1. The molecule has 0 saturated carbocycles. The van der Waals surface area contributed by atoms with Gasteiger partial charge in [0, 0.05) is 12.1 Å². The third-order valence-corrected chi connectivity index (χ3v) is 2.40. The largest absolute Gasteiger partial charge is 0.478 e. The number of rotatable bonds is 3. The molecule has 0 aromatic heterocycles. The van der Waals surface area contributed by atoms with Crippen LogP contribution in [0.5, 0.6) is 5.75 Å². The number of aliphatic hydroxyl groups excluding tert-OH is 1. The van der Waals surface area contributed by atoms with E-state index in [9.17, 15) is 19.6 Å². The molecule has 0 amide bonds. The second kappa shape index (κ2) is 4.64. The van der Waals surface area contributed by atoms with Crippen molar-refractivity contribution in [2.45, 2.75) is 12.2 Å². The lowest BCUT2D eigenvalue weighted by atomic mass is 10.2. The number of nitro benzene ring substituents is 1. The number of hydrogen-bond acceptors (Lipinski definition) is 5. The number of ether oxygens (including phenoxy) is 2. The van der Waals surface area contributed by atoms with E-state index < -0.39 is 22.9 Å². The molecule has 0 spiro atoms. The fourth-order valence-corrected chi connectivity index (χ4v) is 1.53. The van der Waals surface area contributed by atoms with Crippen LogP contribution in [-0.4, -0.2) is 35.5 Å². The topological polar surface area (TPSA) is 81.8 Å². The molecule has 1 heterocycles. The van der Waals surface area contributed by atoms with Gasteiger partial charge in [-0.25, -0.2) is 4.39 Å². The van der Waals surface area contributed by atoms with Crippen LogP contribution in [0.15, 0.2) is 18.2 Å². The summed E-state index contributed by atoms with van der Waals surface area (Å²) >= 11 is 0. The lowest BCUT2D eigenvalue weighted by Crippen LogP contribution is -2.30. The Labute approximate surface area is 95.7 Å². The SMILES string of the molecule is O=[N+]([O-])c1ccc(F)cc1O[C@@H]1COC[C@H]1O. The molecular formula is C10H10FNO5. The summed E-state index contributed by atoms with van der Waals surface area (Å²) in [6, 6.07) is 2.92. The standard InChI is InChI=1S/C10H10FNO5/c11-6-1-2-7(12(14)15)9(3-6)17-10-5-16-4-8(10)13/h1-3,8,10,13H,4-5H2/t8-,10-/m1/s1. The maximum Gasteiger partial charge on any atom is 0.311 e. The Morgan fingerprint density at radius 2 is 2.29 bits per heavy atom. The molecule has 1 aliphatic heterocycles. The predicted molar refractivity (Wildman–Crippen MR) is 54.3 cm³/mol. The third-order valence-electron chi connectivity index (χ3n) is 2.40. The van der Waals surface area contributed by atoms with Crippen LogP contribution in [0.2, 0.25) is 0 Å². The van der Waals surface area contributed by atoms with E-state index in [0.29, 0.717) is 0 Å². The monoisotopic (exact) mass is 243 g/mol. The summed E-state index contributed by atoms with van der Waals surface area (Å²) in [5, 5.41) is 20.1. The highest BCUT2D eigenvalue weighted by Gasteiger charge is 2.30. The average molecular weight is 243 g/mol. The average Bonchev–Trinajstić information content (AvgIpc) is 2.64. The van der Waals surface area contributed by atoms with Crippen molar-refractivity contribution in [3.8, 4) is 5.75 Å². The van der Waals surface area contributed by atoms with Gasteiger partial charge in [0.25, 0.3) is 0 Å². The van der Waals surface area contributed by atoms with Gasteiger partial charge < -0.3 is 14.6 Å². The molecule has 1 aliphatic rings. The minimum atomic E-state index is -0.863. The van der Waals surface area contributed by atoms with E-state index in [-0.39, 0.29) is 24.7 Å². The quantitative estimate of drug-likeness (QED) is 0.629. The molecular weight excluding hydrogens is 233 g/mol. The highest BCUT2D eigenvalue weighted by molar-refractivity contribution is 5.46. The van der Waals surface area contributed by atoms with E-state index in [0.717, 1.165) is 18.2 Å². The van der Waals surface area contributed by atoms with Gasteiger partial charge in [-0.3, -0.25) is 10.1 Å². The highest BCUT2D eigenvalue weighted by atomic mass is 19.1. The Balaban J connectivity index is 2.24. The molecule has 0 radical (unpaired) electrons. The predicted octanol–water partition coefficient (Wildman–Crippen LogP) is 0.872. The highest BCUT2D eigenvalue weighted by Crippen LogP contribution is 2.29. The zero-order chi connectivity index (χ0) is 12.4. The number of aliphatic hydroxyl groups is 1. The Kier molecular flexibility index (Phi) is 3.21. The molecule has 1 saturated heterocycles. The Morgan fingerprint density at radius 3 is 2.88 bits per heavy atom. The number of nitrogens with zero attached hydrogens (tertiary/aromatic N) is 1. The summed E-state index contributed by atoms with van der Waals surface area (Å²) in [5.41, 5.74) is -0.342. The van der Waals surface area contributed by atoms with Crippen LogP contribution in [0.25, 0.3) is 0 Å². The molecule has 0 bridgehead atoms. The van der Waals surface area contributed by atoms with Crippen LogP contribution in [-0.2, 0) is 4.74 Å². The van der Waals surface area contributed by atoms with Crippen molar-refractivity contribution in [2.24, 2.45) is 0 Å². The molecule has 1 fully saturated rings. The maximum atomic E-state index is 13.0. The summed E-state index contributed by atoms with van der Waals surface area (Å²) in [4.78, 5) is 10.0. The van der Waals surface area contributed by atoms with E-state index in [4.69, 9.17) is 9.47 Å². The van der Waals surface area contributed by atoms with Gasteiger partial charge in [0.05, 0.1) is 18.1 Å². The minimum absolute atomic E-state index is 0.105. The molecule has 1 aromatic rings. The van der Waals surface area contributed by atoms with Crippen molar-refractivity contribution >= 4 is 5.69 Å². The van der Waals surface area contributed by atoms with Gasteiger partial charge in [-0.15, -0.1) is 0 Å². The van der Waals surface area contributed by atoms with Crippen LogP contribution in [0.4, 0.5) is 10.1 Å². The summed E-state index contributed by atoms with van der Waals surface area (Å²) in [6.07, 6.45) is -1.58. The maximum absolute atomic E-state index is 13.0. The second-order valence-electron chi connectivity index (χ2n) is 3.63. The molecule has 92 valence electrons. The lowest BCUT2D eigenvalue weighted by Gasteiger charge is -2.15. The second-order valence-corrected chi connectivity index (χ2v) is 3.63. The zero-order valence-corrected chi connectivity index (χ0v) is 8.71.